The molecule has 0 bridgehead atoms. The topological polar surface area (TPSA) is 84.2 Å². The molecule has 6 heteroatoms. The molecular formula is C8H21N3O2S. The monoisotopic (exact) mass is 223 g/mol. The van der Waals surface area contributed by atoms with Crippen molar-refractivity contribution in [2.24, 2.45) is 5.14 Å². The van der Waals surface area contributed by atoms with Gasteiger partial charge >= 0.3 is 0 Å². The largest absolute Gasteiger partial charge is 0.287 e. The highest BCUT2D eigenvalue weighted by Gasteiger charge is 1.97. The van der Waals surface area contributed by atoms with Crippen LogP contribution in [0.1, 0.15) is 45.4 Å². The number of unbranched alkanes of at least 4 members (excludes halogenated alkanes) is 5. The highest BCUT2D eigenvalue weighted by molar-refractivity contribution is 7.87. The lowest BCUT2D eigenvalue weighted by Crippen LogP contribution is -2.42. The highest BCUT2D eigenvalue weighted by atomic mass is 32.2. The van der Waals surface area contributed by atoms with Crippen LogP contribution in [0.4, 0.5) is 0 Å². The van der Waals surface area contributed by atoms with E-state index in [-0.39, 0.29) is 0 Å². The second kappa shape index (κ2) is 8.16. The van der Waals surface area contributed by atoms with E-state index in [0.29, 0.717) is 6.54 Å². The zero-order valence-electron chi connectivity index (χ0n) is 8.75. The first-order valence-corrected chi connectivity index (χ1v) is 6.63. The zero-order chi connectivity index (χ0) is 10.9. The maximum atomic E-state index is 10.4. The van der Waals surface area contributed by atoms with E-state index in [9.17, 15) is 8.42 Å². The maximum absolute atomic E-state index is 10.4. The number of nitrogens with two attached hydrogens (primary N) is 1. The molecule has 0 aliphatic carbocycles. The third-order valence-electron chi connectivity index (χ3n) is 1.87. The summed E-state index contributed by atoms with van der Waals surface area (Å²) in [6, 6.07) is 0. The van der Waals surface area contributed by atoms with Crippen LogP contribution in [0.15, 0.2) is 0 Å². The highest BCUT2D eigenvalue weighted by Crippen LogP contribution is 2.03. The number of hydrogen-bond donors (Lipinski definition) is 3. The number of rotatable bonds is 9. The zero-order valence-corrected chi connectivity index (χ0v) is 9.57. The molecule has 0 aromatic rings. The molecule has 0 unspecified atom stereocenters. The van der Waals surface area contributed by atoms with Gasteiger partial charge in [-0.1, -0.05) is 39.0 Å². The fourth-order valence-corrected chi connectivity index (χ4v) is 1.45. The maximum Gasteiger partial charge on any atom is 0.287 e. The van der Waals surface area contributed by atoms with Crippen LogP contribution in [0.5, 0.6) is 0 Å². The van der Waals surface area contributed by atoms with Crippen molar-refractivity contribution in [1.29, 1.82) is 0 Å². The van der Waals surface area contributed by atoms with Gasteiger partial charge in [-0.3, -0.25) is 0 Å². The van der Waals surface area contributed by atoms with Crippen LogP contribution in [-0.4, -0.2) is 15.0 Å². The molecule has 0 amide bonds. The predicted octanol–water partition coefficient (Wildman–Crippen LogP) is 0.645. The van der Waals surface area contributed by atoms with Crippen LogP contribution in [-0.2, 0) is 10.2 Å². The van der Waals surface area contributed by atoms with Gasteiger partial charge in [0.15, 0.2) is 0 Å². The quantitative estimate of drug-likeness (QED) is 0.396. The Bertz CT molecular complexity index is 217. The molecule has 0 aliphatic rings. The second-order valence-electron chi connectivity index (χ2n) is 3.34. The van der Waals surface area contributed by atoms with Crippen LogP contribution in [0.25, 0.3) is 0 Å². The Balaban J connectivity index is 3.07. The summed E-state index contributed by atoms with van der Waals surface area (Å²) in [6.07, 6.45) is 7.09. The molecule has 86 valence electrons. The third kappa shape index (κ3) is 11.8. The first-order chi connectivity index (χ1) is 6.56. The average molecular weight is 223 g/mol. The first-order valence-electron chi connectivity index (χ1n) is 5.08. The minimum absolute atomic E-state index is 0.628. The van der Waals surface area contributed by atoms with Crippen LogP contribution < -0.4 is 15.4 Å². The minimum Gasteiger partial charge on any atom is -0.243 e. The first kappa shape index (κ1) is 13.8. The Morgan fingerprint density at radius 3 is 2.21 bits per heavy atom. The van der Waals surface area contributed by atoms with E-state index in [0.717, 1.165) is 12.8 Å². The van der Waals surface area contributed by atoms with Crippen molar-refractivity contribution in [3.63, 3.8) is 0 Å². The molecule has 0 atom stereocenters. The van der Waals surface area contributed by atoms with Crippen molar-refractivity contribution in [2.75, 3.05) is 6.54 Å². The predicted molar refractivity (Wildman–Crippen MR) is 57.6 cm³/mol. The molecular weight excluding hydrogens is 202 g/mol. The van der Waals surface area contributed by atoms with Crippen LogP contribution in [0.2, 0.25) is 0 Å². The Morgan fingerprint density at radius 1 is 1.07 bits per heavy atom. The summed E-state index contributed by atoms with van der Waals surface area (Å²) in [5.41, 5.74) is 2.55. The molecule has 0 spiro atoms. The van der Waals surface area contributed by atoms with Crippen LogP contribution in [0.3, 0.4) is 0 Å². The number of hydrogen-bond acceptors (Lipinski definition) is 3. The minimum atomic E-state index is -3.59. The lowest BCUT2D eigenvalue weighted by atomic mass is 10.1. The molecule has 5 nitrogen and oxygen atoms in total. The van der Waals surface area contributed by atoms with Crippen LogP contribution >= 0.6 is 0 Å². The van der Waals surface area contributed by atoms with Gasteiger partial charge in [-0.15, -0.1) is 4.83 Å². The van der Waals surface area contributed by atoms with Crippen molar-refractivity contribution in [3.05, 3.63) is 0 Å². The van der Waals surface area contributed by atoms with Crippen molar-refractivity contribution in [2.45, 2.75) is 45.4 Å². The molecule has 0 radical (unpaired) electrons. The van der Waals surface area contributed by atoms with Gasteiger partial charge in [-0.2, -0.15) is 8.42 Å². The molecule has 4 N–H and O–H groups in total. The Hall–Kier alpha value is -0.170. The van der Waals surface area contributed by atoms with Gasteiger partial charge in [0.1, 0.15) is 0 Å². The van der Waals surface area contributed by atoms with E-state index >= 15 is 0 Å². The Morgan fingerprint density at radius 2 is 1.64 bits per heavy atom. The molecule has 0 heterocycles. The SMILES string of the molecule is CCCCCCCCNNS(N)(=O)=O. The van der Waals surface area contributed by atoms with Gasteiger partial charge in [0.05, 0.1) is 0 Å². The normalized spacial score (nSPS) is 11.9. The van der Waals surface area contributed by atoms with Crippen molar-refractivity contribution in [1.82, 2.24) is 10.3 Å². The average Bonchev–Trinajstić information content (AvgIpc) is 2.08. The van der Waals surface area contributed by atoms with E-state index < -0.39 is 10.2 Å². The van der Waals surface area contributed by atoms with E-state index in [4.69, 9.17) is 5.14 Å². The molecule has 0 aromatic carbocycles. The van der Waals surface area contributed by atoms with Gasteiger partial charge in [0.2, 0.25) is 0 Å². The third-order valence-corrected chi connectivity index (χ3v) is 2.30. The van der Waals surface area contributed by atoms with Gasteiger partial charge in [-0.05, 0) is 6.42 Å². The van der Waals surface area contributed by atoms with Crippen LogP contribution in [0, 0.1) is 0 Å². The van der Waals surface area contributed by atoms with E-state index in [1.165, 1.54) is 25.7 Å². The number of hydrazine groups is 1. The molecule has 0 saturated heterocycles. The van der Waals surface area contributed by atoms with E-state index in [1.807, 2.05) is 4.83 Å². The Labute approximate surface area is 86.6 Å². The summed E-state index contributed by atoms with van der Waals surface area (Å²) in [5.74, 6) is 0. The van der Waals surface area contributed by atoms with Crippen molar-refractivity contribution >= 4 is 10.2 Å². The summed E-state index contributed by atoms with van der Waals surface area (Å²) in [7, 11) is -3.59. The fraction of sp³-hybridized carbons (Fsp3) is 1.00. The molecule has 0 aromatic heterocycles. The molecule has 0 rings (SSSR count). The lowest BCUT2D eigenvalue weighted by Gasteiger charge is -2.04. The second-order valence-corrected chi connectivity index (χ2v) is 4.64. The van der Waals surface area contributed by atoms with Gasteiger partial charge in [-0.25, -0.2) is 10.6 Å². The van der Waals surface area contributed by atoms with Gasteiger partial charge in [0.25, 0.3) is 10.2 Å². The summed E-state index contributed by atoms with van der Waals surface area (Å²) in [6.45, 7) is 2.81. The fourth-order valence-electron chi connectivity index (χ4n) is 1.15. The Kier molecular flexibility index (Phi) is 8.07. The summed E-state index contributed by atoms with van der Waals surface area (Å²) in [4.78, 5) is 2.02. The van der Waals surface area contributed by atoms with Crippen molar-refractivity contribution in [3.8, 4) is 0 Å². The standard InChI is InChI=1S/C8H21N3O2S/c1-2-3-4-5-6-7-8-10-11-14(9,12)13/h10-11H,2-8H2,1H3,(H2,9,12,13). The summed E-state index contributed by atoms with van der Waals surface area (Å²) >= 11 is 0. The van der Waals surface area contributed by atoms with Crippen molar-refractivity contribution < 1.29 is 8.42 Å². The summed E-state index contributed by atoms with van der Waals surface area (Å²) < 4.78 is 20.8. The molecule has 0 saturated carbocycles. The summed E-state index contributed by atoms with van der Waals surface area (Å²) in [5, 5.41) is 4.71. The smallest absolute Gasteiger partial charge is 0.243 e. The van der Waals surface area contributed by atoms with E-state index in [1.54, 1.807) is 0 Å². The van der Waals surface area contributed by atoms with Gasteiger partial charge < -0.3 is 0 Å². The molecule has 0 aliphatic heterocycles. The molecule has 0 fully saturated rings. The lowest BCUT2D eigenvalue weighted by molar-refractivity contribution is 0.534. The number of nitrogens with one attached hydrogen (secondary N) is 2. The van der Waals surface area contributed by atoms with E-state index in [2.05, 4.69) is 12.3 Å². The molecule has 14 heavy (non-hydrogen) atoms. The van der Waals surface area contributed by atoms with Gasteiger partial charge in [0, 0.05) is 6.54 Å².